The molecule has 1 heterocycles. The average Bonchev–Trinajstić information content (AvgIpc) is 2.65. The number of rotatable bonds is 12. The number of hydrogen-bond acceptors (Lipinski definition) is 5. The van der Waals surface area contributed by atoms with E-state index in [0.29, 0.717) is 25.8 Å². The number of aliphatic hydroxyl groups is 1. The van der Waals surface area contributed by atoms with E-state index >= 15 is 0 Å². The molecular formula is C20H29NO4S2. The fraction of sp³-hybridized carbons (Fsp3) is 0.600. The van der Waals surface area contributed by atoms with Crippen molar-refractivity contribution in [3.8, 4) is 0 Å². The van der Waals surface area contributed by atoms with Gasteiger partial charge in [0.1, 0.15) is 5.44 Å². The van der Waals surface area contributed by atoms with Gasteiger partial charge < -0.3 is 15.1 Å². The minimum absolute atomic E-state index is 0.204. The van der Waals surface area contributed by atoms with Gasteiger partial charge in [-0.3, -0.25) is 9.59 Å². The van der Waals surface area contributed by atoms with Gasteiger partial charge in [-0.1, -0.05) is 30.0 Å². The number of carbonyl (C=O) groups is 2. The Labute approximate surface area is 169 Å². The van der Waals surface area contributed by atoms with E-state index in [1.165, 1.54) is 11.8 Å². The highest BCUT2D eigenvalue weighted by Gasteiger charge is 2.27. The van der Waals surface area contributed by atoms with Crippen LogP contribution in [-0.2, 0) is 9.59 Å². The van der Waals surface area contributed by atoms with Gasteiger partial charge in [-0.05, 0) is 50.0 Å². The van der Waals surface area contributed by atoms with Gasteiger partial charge in [0.2, 0.25) is 5.91 Å². The van der Waals surface area contributed by atoms with Gasteiger partial charge in [0.05, 0.1) is 0 Å². The molecule has 1 saturated heterocycles. The van der Waals surface area contributed by atoms with Crippen LogP contribution in [0.3, 0.4) is 0 Å². The van der Waals surface area contributed by atoms with Crippen molar-refractivity contribution >= 4 is 35.4 Å². The fourth-order valence-electron chi connectivity index (χ4n) is 3.24. The summed E-state index contributed by atoms with van der Waals surface area (Å²) >= 11 is 3.17. The van der Waals surface area contributed by atoms with Crippen LogP contribution in [-0.4, -0.2) is 56.5 Å². The van der Waals surface area contributed by atoms with Gasteiger partial charge in [-0.25, -0.2) is 0 Å². The molecule has 1 fully saturated rings. The molecule has 1 aliphatic rings. The highest BCUT2D eigenvalue weighted by molar-refractivity contribution is 7.99. The van der Waals surface area contributed by atoms with Crippen molar-refractivity contribution in [2.75, 3.05) is 18.1 Å². The predicted molar refractivity (Wildman–Crippen MR) is 111 cm³/mol. The first-order valence-corrected chi connectivity index (χ1v) is 11.6. The number of thioether (sulfide) groups is 2. The maximum Gasteiger partial charge on any atom is 0.303 e. The Morgan fingerprint density at radius 1 is 1.26 bits per heavy atom. The van der Waals surface area contributed by atoms with Crippen LogP contribution in [0.25, 0.3) is 0 Å². The van der Waals surface area contributed by atoms with Crippen molar-refractivity contribution in [1.82, 2.24) is 4.90 Å². The highest BCUT2D eigenvalue weighted by atomic mass is 32.2. The van der Waals surface area contributed by atoms with Crippen LogP contribution in [0, 0.1) is 0 Å². The van der Waals surface area contributed by atoms with Crippen LogP contribution < -0.4 is 0 Å². The van der Waals surface area contributed by atoms with Crippen LogP contribution >= 0.6 is 23.5 Å². The Morgan fingerprint density at radius 2 is 2.04 bits per heavy atom. The first kappa shape index (κ1) is 22.1. The molecule has 7 heteroatoms. The molecular weight excluding hydrogens is 382 g/mol. The summed E-state index contributed by atoms with van der Waals surface area (Å²) in [6.07, 6.45) is 4.89. The largest absolute Gasteiger partial charge is 0.481 e. The molecule has 2 N–H and O–H groups in total. The Bertz CT molecular complexity index is 585. The van der Waals surface area contributed by atoms with Crippen LogP contribution in [0.15, 0.2) is 35.2 Å². The zero-order valence-electron chi connectivity index (χ0n) is 15.6. The van der Waals surface area contributed by atoms with E-state index in [-0.39, 0.29) is 18.4 Å². The van der Waals surface area contributed by atoms with E-state index in [1.54, 1.807) is 11.8 Å². The van der Waals surface area contributed by atoms with E-state index in [0.717, 1.165) is 35.7 Å². The minimum atomic E-state index is -0.756. The van der Waals surface area contributed by atoms with Crippen molar-refractivity contribution in [3.63, 3.8) is 0 Å². The number of carbonyl (C=O) groups excluding carboxylic acids is 1. The Morgan fingerprint density at radius 3 is 2.78 bits per heavy atom. The highest BCUT2D eigenvalue weighted by Crippen LogP contribution is 2.28. The maximum absolute atomic E-state index is 12.3. The summed E-state index contributed by atoms with van der Waals surface area (Å²) in [5, 5.41) is 19.0. The number of nitrogens with zero attached hydrogens (tertiary/aromatic N) is 1. The number of benzene rings is 1. The topological polar surface area (TPSA) is 77.8 Å². The average molecular weight is 412 g/mol. The van der Waals surface area contributed by atoms with Crippen LogP contribution in [0.4, 0.5) is 0 Å². The smallest absolute Gasteiger partial charge is 0.303 e. The molecule has 150 valence electrons. The van der Waals surface area contributed by atoms with Gasteiger partial charge in [-0.2, -0.15) is 11.8 Å². The van der Waals surface area contributed by atoms with E-state index in [4.69, 9.17) is 5.11 Å². The lowest BCUT2D eigenvalue weighted by Gasteiger charge is -2.36. The van der Waals surface area contributed by atoms with E-state index in [9.17, 15) is 14.7 Å². The Balaban J connectivity index is 1.72. The molecule has 0 aliphatic carbocycles. The standard InChI is InChI=1S/C20H29NO4S2/c22-18-9-4-6-16(21(18)13-15-26-14-5-10-19(23)24)11-12-20(25)27-17-7-2-1-3-8-17/h1-3,7-8,16,20,25H,4-6,9-15H2,(H,23,24)/t16-,20?/m1/s1. The second-order valence-electron chi connectivity index (χ2n) is 6.71. The molecule has 2 atom stereocenters. The number of likely N-dealkylation sites (tertiary alicyclic amines) is 1. The molecule has 5 nitrogen and oxygen atoms in total. The SMILES string of the molecule is O=C(O)CCCSCCN1C(=O)CCC[C@@H]1CCC(O)Sc1ccccc1. The van der Waals surface area contributed by atoms with Crippen LogP contribution in [0.1, 0.15) is 44.9 Å². The zero-order chi connectivity index (χ0) is 19.5. The maximum atomic E-state index is 12.3. The number of aliphatic hydroxyl groups excluding tert-OH is 1. The van der Waals surface area contributed by atoms with E-state index < -0.39 is 11.4 Å². The third-order valence-corrected chi connectivity index (χ3v) is 6.71. The first-order valence-electron chi connectivity index (χ1n) is 9.55. The van der Waals surface area contributed by atoms with Gasteiger partial charge in [0.15, 0.2) is 0 Å². The van der Waals surface area contributed by atoms with Crippen molar-refractivity contribution < 1.29 is 19.8 Å². The fourth-order valence-corrected chi connectivity index (χ4v) is 5.00. The summed E-state index contributed by atoms with van der Waals surface area (Å²) in [6.45, 7) is 0.711. The molecule has 27 heavy (non-hydrogen) atoms. The van der Waals surface area contributed by atoms with Gasteiger partial charge >= 0.3 is 5.97 Å². The molecule has 2 rings (SSSR count). The van der Waals surface area contributed by atoms with Crippen molar-refractivity contribution in [2.45, 2.75) is 61.3 Å². The van der Waals surface area contributed by atoms with Crippen LogP contribution in [0.5, 0.6) is 0 Å². The molecule has 1 aromatic carbocycles. The quantitative estimate of drug-likeness (QED) is 0.309. The zero-order valence-corrected chi connectivity index (χ0v) is 17.2. The summed E-state index contributed by atoms with van der Waals surface area (Å²) < 4.78 is 0. The van der Waals surface area contributed by atoms with Crippen molar-refractivity contribution in [2.24, 2.45) is 0 Å². The summed E-state index contributed by atoms with van der Waals surface area (Å²) in [7, 11) is 0. The lowest BCUT2D eigenvalue weighted by atomic mass is 9.97. The first-order chi connectivity index (χ1) is 13.1. The Kier molecular flexibility index (Phi) is 10.1. The minimum Gasteiger partial charge on any atom is -0.481 e. The molecule has 0 spiro atoms. The molecule has 1 amide bonds. The molecule has 0 bridgehead atoms. The summed E-state index contributed by atoms with van der Waals surface area (Å²) in [4.78, 5) is 25.9. The number of piperidine rings is 1. The third-order valence-electron chi connectivity index (χ3n) is 4.61. The third kappa shape index (κ3) is 8.58. The second kappa shape index (κ2) is 12.3. The van der Waals surface area contributed by atoms with Crippen LogP contribution in [0.2, 0.25) is 0 Å². The van der Waals surface area contributed by atoms with Crippen molar-refractivity contribution in [3.05, 3.63) is 30.3 Å². The number of carboxylic acid groups (broad SMARTS) is 1. The molecule has 1 unspecified atom stereocenters. The van der Waals surface area contributed by atoms with E-state index in [2.05, 4.69) is 0 Å². The second-order valence-corrected chi connectivity index (χ2v) is 9.18. The lowest BCUT2D eigenvalue weighted by Crippen LogP contribution is -2.45. The molecule has 0 aromatic heterocycles. The number of carboxylic acids is 1. The lowest BCUT2D eigenvalue weighted by molar-refractivity contribution is -0.137. The number of amides is 1. The molecule has 1 aromatic rings. The molecule has 0 radical (unpaired) electrons. The summed E-state index contributed by atoms with van der Waals surface area (Å²) in [5.74, 6) is 1.10. The number of aliphatic carboxylic acids is 1. The van der Waals surface area contributed by atoms with E-state index in [1.807, 2.05) is 35.2 Å². The summed E-state index contributed by atoms with van der Waals surface area (Å²) in [5.41, 5.74) is -0.461. The molecule has 1 aliphatic heterocycles. The Hall–Kier alpha value is -1.18. The normalized spacial score (nSPS) is 18.5. The summed E-state index contributed by atoms with van der Waals surface area (Å²) in [6, 6.07) is 10.1. The number of hydrogen-bond donors (Lipinski definition) is 2. The van der Waals surface area contributed by atoms with Gasteiger partial charge in [-0.15, -0.1) is 0 Å². The molecule has 0 saturated carbocycles. The monoisotopic (exact) mass is 411 g/mol. The van der Waals surface area contributed by atoms with Crippen molar-refractivity contribution in [1.29, 1.82) is 0 Å². The van der Waals surface area contributed by atoms with Gasteiger partial charge in [0, 0.05) is 36.1 Å². The van der Waals surface area contributed by atoms with Gasteiger partial charge in [0.25, 0.3) is 0 Å². The predicted octanol–water partition coefficient (Wildman–Crippen LogP) is 3.86.